The molecule has 1 aromatic heterocycles. The number of hydrogen-bond donors (Lipinski definition) is 2. The van der Waals surface area contributed by atoms with Gasteiger partial charge >= 0.3 is 12.1 Å². The molecule has 2 aromatic carbocycles. The van der Waals surface area contributed by atoms with Crippen molar-refractivity contribution in [3.05, 3.63) is 75.7 Å². The van der Waals surface area contributed by atoms with Gasteiger partial charge in [-0.2, -0.15) is 0 Å². The quantitative estimate of drug-likeness (QED) is 0.515. The summed E-state index contributed by atoms with van der Waals surface area (Å²) in [6.07, 6.45) is 0.208. The maximum absolute atomic E-state index is 12.7. The van der Waals surface area contributed by atoms with Crippen LogP contribution in [0, 0.1) is 5.92 Å². The Morgan fingerprint density at radius 3 is 2.46 bits per heavy atom. The third kappa shape index (κ3) is 4.90. The highest BCUT2D eigenvalue weighted by Crippen LogP contribution is 2.44. The largest absolute Gasteiger partial charge is 0.481 e. The fourth-order valence-corrected chi connectivity index (χ4v) is 5.59. The number of carbonyl (C=O) groups is 3. The first-order chi connectivity index (χ1) is 17.0. The fourth-order valence-electron chi connectivity index (χ4n) is 4.88. The first kappa shape index (κ1) is 23.0. The number of nitrogens with zero attached hydrogens (tertiary/aromatic N) is 2. The van der Waals surface area contributed by atoms with Gasteiger partial charge in [0.05, 0.1) is 6.54 Å². The molecule has 2 N–H and O–H groups in total. The summed E-state index contributed by atoms with van der Waals surface area (Å²) in [5.74, 6) is -1.09. The maximum Gasteiger partial charge on any atom is 0.407 e. The lowest BCUT2D eigenvalue weighted by molar-refractivity contribution is -0.138. The molecule has 5 rings (SSSR count). The minimum absolute atomic E-state index is 0.0114. The van der Waals surface area contributed by atoms with Crippen LogP contribution in [0.1, 0.15) is 45.4 Å². The van der Waals surface area contributed by atoms with E-state index < -0.39 is 12.1 Å². The van der Waals surface area contributed by atoms with Crippen LogP contribution < -0.4 is 5.32 Å². The van der Waals surface area contributed by atoms with Gasteiger partial charge in [0.1, 0.15) is 17.3 Å². The molecule has 1 aliphatic carbocycles. The summed E-state index contributed by atoms with van der Waals surface area (Å²) in [6, 6.07) is 16.3. The minimum Gasteiger partial charge on any atom is -0.481 e. The number of carbonyl (C=O) groups excluding carboxylic acids is 2. The molecular formula is C26H25N3O5S. The molecule has 1 unspecified atom stereocenters. The van der Waals surface area contributed by atoms with Gasteiger partial charge in [-0.1, -0.05) is 48.5 Å². The number of amides is 2. The number of hydrogen-bond acceptors (Lipinski definition) is 6. The summed E-state index contributed by atoms with van der Waals surface area (Å²) in [7, 11) is 0. The molecule has 9 heteroatoms. The average Bonchev–Trinajstić information content (AvgIpc) is 3.59. The van der Waals surface area contributed by atoms with Crippen molar-refractivity contribution in [1.29, 1.82) is 0 Å². The fraction of sp³-hybridized carbons (Fsp3) is 0.308. The Balaban J connectivity index is 1.13. The van der Waals surface area contributed by atoms with Crippen molar-refractivity contribution in [3.8, 4) is 11.1 Å². The van der Waals surface area contributed by atoms with E-state index in [-0.39, 0.29) is 37.3 Å². The maximum atomic E-state index is 12.7. The Morgan fingerprint density at radius 1 is 1.09 bits per heavy atom. The average molecular weight is 492 g/mol. The minimum atomic E-state index is -0.848. The summed E-state index contributed by atoms with van der Waals surface area (Å²) in [5.41, 5.74) is 4.96. The summed E-state index contributed by atoms with van der Waals surface area (Å²) in [5, 5.41) is 13.9. The third-order valence-electron chi connectivity index (χ3n) is 6.53. The predicted molar refractivity (Wildman–Crippen MR) is 130 cm³/mol. The van der Waals surface area contributed by atoms with E-state index in [1.54, 1.807) is 10.3 Å². The summed E-state index contributed by atoms with van der Waals surface area (Å²) < 4.78 is 5.54. The molecule has 2 amide bonds. The summed E-state index contributed by atoms with van der Waals surface area (Å²) in [4.78, 5) is 42.0. The van der Waals surface area contributed by atoms with Crippen LogP contribution in [0.15, 0.2) is 53.9 Å². The third-order valence-corrected chi connectivity index (χ3v) is 7.38. The molecule has 0 spiro atoms. The zero-order chi connectivity index (χ0) is 24.4. The SMILES string of the molecule is O=C(O)CC1CCN(C(=O)c2csc(CNC(=O)OCC3c4ccccc4-c4ccccc43)n2)C1. The molecule has 0 radical (unpaired) electrons. The van der Waals surface area contributed by atoms with E-state index in [4.69, 9.17) is 9.84 Å². The summed E-state index contributed by atoms with van der Waals surface area (Å²) >= 11 is 1.29. The van der Waals surface area contributed by atoms with Crippen LogP contribution in [0.5, 0.6) is 0 Å². The van der Waals surface area contributed by atoms with Gasteiger partial charge in [-0.3, -0.25) is 9.59 Å². The van der Waals surface area contributed by atoms with Gasteiger partial charge in [0.2, 0.25) is 0 Å². The van der Waals surface area contributed by atoms with Crippen LogP contribution in [0.4, 0.5) is 4.79 Å². The molecule has 3 aromatic rings. The van der Waals surface area contributed by atoms with E-state index in [0.717, 1.165) is 11.1 Å². The van der Waals surface area contributed by atoms with E-state index in [0.29, 0.717) is 30.2 Å². The standard InChI is InChI=1S/C26H25N3O5S/c30-24(31)11-16-9-10-29(13-16)25(32)22-15-35-23(28-22)12-27-26(33)34-14-21-19-7-3-1-5-17(19)18-6-2-4-8-20(18)21/h1-8,15-16,21H,9-14H2,(H,27,33)(H,30,31). The lowest BCUT2D eigenvalue weighted by Gasteiger charge is -2.14. The summed E-state index contributed by atoms with van der Waals surface area (Å²) in [6.45, 7) is 1.35. The molecule has 1 atom stereocenters. The first-order valence-corrected chi connectivity index (χ1v) is 12.4. The van der Waals surface area contributed by atoms with E-state index in [9.17, 15) is 14.4 Å². The molecular weight excluding hydrogens is 466 g/mol. The van der Waals surface area contributed by atoms with Gasteiger partial charge in [-0.25, -0.2) is 9.78 Å². The number of nitrogens with one attached hydrogen (secondary N) is 1. The molecule has 180 valence electrons. The van der Waals surface area contributed by atoms with Gasteiger partial charge in [-0.15, -0.1) is 11.3 Å². The molecule has 2 aliphatic rings. The normalized spacial score (nSPS) is 16.6. The lowest BCUT2D eigenvalue weighted by atomic mass is 9.98. The lowest BCUT2D eigenvalue weighted by Crippen LogP contribution is -2.29. The molecule has 1 saturated heterocycles. The Bertz CT molecular complexity index is 1230. The Labute approximate surface area is 206 Å². The second kappa shape index (κ2) is 9.87. The number of likely N-dealkylation sites (tertiary alicyclic amines) is 1. The zero-order valence-corrected chi connectivity index (χ0v) is 19.8. The van der Waals surface area contributed by atoms with E-state index in [1.165, 1.54) is 22.5 Å². The smallest absolute Gasteiger partial charge is 0.407 e. The van der Waals surface area contributed by atoms with Crippen molar-refractivity contribution in [1.82, 2.24) is 15.2 Å². The van der Waals surface area contributed by atoms with Gasteiger partial charge in [0, 0.05) is 30.8 Å². The van der Waals surface area contributed by atoms with Crippen LogP contribution in [-0.4, -0.2) is 52.7 Å². The highest BCUT2D eigenvalue weighted by Gasteiger charge is 2.30. The van der Waals surface area contributed by atoms with Crippen molar-refractivity contribution < 1.29 is 24.2 Å². The molecule has 35 heavy (non-hydrogen) atoms. The van der Waals surface area contributed by atoms with Crippen LogP contribution >= 0.6 is 11.3 Å². The van der Waals surface area contributed by atoms with Crippen molar-refractivity contribution in [2.75, 3.05) is 19.7 Å². The molecule has 8 nitrogen and oxygen atoms in total. The van der Waals surface area contributed by atoms with E-state index >= 15 is 0 Å². The van der Waals surface area contributed by atoms with E-state index in [1.807, 2.05) is 24.3 Å². The van der Waals surface area contributed by atoms with Crippen molar-refractivity contribution in [2.45, 2.75) is 25.3 Å². The molecule has 0 saturated carbocycles. The van der Waals surface area contributed by atoms with Gasteiger partial charge in [0.25, 0.3) is 5.91 Å². The van der Waals surface area contributed by atoms with Crippen molar-refractivity contribution >= 4 is 29.3 Å². The number of aliphatic carboxylic acids is 1. The number of benzene rings is 2. The van der Waals surface area contributed by atoms with Gasteiger partial charge in [0.15, 0.2) is 0 Å². The van der Waals surface area contributed by atoms with Crippen LogP contribution in [-0.2, 0) is 16.1 Å². The van der Waals surface area contributed by atoms with Crippen molar-refractivity contribution in [2.24, 2.45) is 5.92 Å². The number of ether oxygens (including phenoxy) is 1. The molecule has 1 aliphatic heterocycles. The number of carboxylic acids is 1. The monoisotopic (exact) mass is 491 g/mol. The second-order valence-electron chi connectivity index (χ2n) is 8.81. The van der Waals surface area contributed by atoms with Crippen LogP contribution in [0.25, 0.3) is 11.1 Å². The number of fused-ring (bicyclic) bond motifs is 3. The number of aromatic nitrogens is 1. The number of rotatable bonds is 7. The Kier molecular flexibility index (Phi) is 6.50. The predicted octanol–water partition coefficient (Wildman–Crippen LogP) is 4.12. The number of thiazole rings is 1. The topological polar surface area (TPSA) is 109 Å². The first-order valence-electron chi connectivity index (χ1n) is 11.5. The molecule has 2 heterocycles. The van der Waals surface area contributed by atoms with E-state index in [2.05, 4.69) is 34.6 Å². The second-order valence-corrected chi connectivity index (χ2v) is 9.75. The number of alkyl carbamates (subject to hydrolysis) is 1. The van der Waals surface area contributed by atoms with Gasteiger partial charge in [-0.05, 0) is 34.6 Å². The van der Waals surface area contributed by atoms with Crippen LogP contribution in [0.3, 0.4) is 0 Å². The zero-order valence-electron chi connectivity index (χ0n) is 19.0. The number of carboxylic acid groups (broad SMARTS) is 1. The highest BCUT2D eigenvalue weighted by atomic mass is 32.1. The highest BCUT2D eigenvalue weighted by molar-refractivity contribution is 7.09. The molecule has 0 bridgehead atoms. The van der Waals surface area contributed by atoms with Crippen LogP contribution in [0.2, 0.25) is 0 Å². The Morgan fingerprint density at radius 2 is 1.77 bits per heavy atom. The van der Waals surface area contributed by atoms with Crippen molar-refractivity contribution in [3.63, 3.8) is 0 Å². The molecule has 1 fully saturated rings. The Hall–Kier alpha value is -3.72. The van der Waals surface area contributed by atoms with Gasteiger partial charge < -0.3 is 20.1 Å².